The minimum Gasteiger partial charge on any atom is -0.303 e. The van der Waals surface area contributed by atoms with Crippen molar-refractivity contribution in [3.8, 4) is 0 Å². The number of halogens is 1. The first-order valence-corrected chi connectivity index (χ1v) is 9.50. The summed E-state index contributed by atoms with van der Waals surface area (Å²) in [5.74, 6) is 0.132. The van der Waals surface area contributed by atoms with E-state index in [2.05, 4.69) is 32.6 Å². The third kappa shape index (κ3) is 3.17. The lowest BCUT2D eigenvalue weighted by atomic mass is 10.0. The zero-order valence-electron chi connectivity index (χ0n) is 12.0. The molecule has 1 saturated heterocycles. The Hall–Kier alpha value is -0.470. The maximum Gasteiger partial charge on any atom is 0.216 e. The number of rotatable bonds is 3. The molecule has 0 saturated carbocycles. The average Bonchev–Trinajstić information content (AvgIpc) is 2.84. The Bertz CT molecular complexity index is 642. The van der Waals surface area contributed by atoms with Crippen LogP contribution in [0.3, 0.4) is 0 Å². The van der Waals surface area contributed by atoms with E-state index in [4.69, 9.17) is 0 Å². The number of hydrogen-bond donors (Lipinski definition) is 2. The van der Waals surface area contributed by atoms with Crippen molar-refractivity contribution in [2.45, 2.75) is 25.4 Å². The van der Waals surface area contributed by atoms with E-state index in [0.29, 0.717) is 26.3 Å². The predicted octanol–water partition coefficient (Wildman–Crippen LogP) is 1.05. The molecule has 3 rings (SSSR count). The Balaban J connectivity index is 1.80. The molecule has 1 atom stereocenters. The van der Waals surface area contributed by atoms with Gasteiger partial charge in [0.15, 0.2) is 0 Å². The standard InChI is InChI=1S/C14H20BrN3O2S/c1-14(8-16-10-17-14)9-21(19,20)18-6-5-11-3-2-4-13(15)12(11)7-18/h2-4,16-17H,5-10H2,1H3/t14-/m0/s1. The van der Waals surface area contributed by atoms with Crippen LogP contribution in [-0.2, 0) is 23.0 Å². The SMILES string of the molecule is C[C@@]1(CS(=O)(=O)N2CCc3cccc(Br)c3C2)CNCN1. The second-order valence-corrected chi connectivity index (χ2v) is 8.88. The highest BCUT2D eigenvalue weighted by atomic mass is 79.9. The van der Waals surface area contributed by atoms with Gasteiger partial charge in [0.25, 0.3) is 0 Å². The molecule has 2 N–H and O–H groups in total. The van der Waals surface area contributed by atoms with Gasteiger partial charge in [-0.1, -0.05) is 28.1 Å². The summed E-state index contributed by atoms with van der Waals surface area (Å²) >= 11 is 3.53. The van der Waals surface area contributed by atoms with Crippen LogP contribution in [0, 0.1) is 0 Å². The lowest BCUT2D eigenvalue weighted by Crippen LogP contribution is -2.50. The highest BCUT2D eigenvalue weighted by Crippen LogP contribution is 2.28. The summed E-state index contributed by atoms with van der Waals surface area (Å²) in [6, 6.07) is 6.05. The summed E-state index contributed by atoms with van der Waals surface area (Å²) in [7, 11) is -3.27. The zero-order valence-corrected chi connectivity index (χ0v) is 14.4. The van der Waals surface area contributed by atoms with Gasteiger partial charge in [0.1, 0.15) is 0 Å². The first-order chi connectivity index (χ1) is 9.90. The summed E-state index contributed by atoms with van der Waals surface area (Å²) < 4.78 is 28.0. The Morgan fingerprint density at radius 1 is 1.43 bits per heavy atom. The van der Waals surface area contributed by atoms with Crippen LogP contribution in [0.5, 0.6) is 0 Å². The lowest BCUT2D eigenvalue weighted by molar-refractivity contribution is 0.377. The van der Waals surface area contributed by atoms with Gasteiger partial charge in [-0.25, -0.2) is 8.42 Å². The molecule has 0 aliphatic carbocycles. The highest BCUT2D eigenvalue weighted by Gasteiger charge is 2.37. The second kappa shape index (κ2) is 5.62. The predicted molar refractivity (Wildman–Crippen MR) is 86.5 cm³/mol. The molecular weight excluding hydrogens is 354 g/mol. The van der Waals surface area contributed by atoms with Crippen molar-refractivity contribution >= 4 is 26.0 Å². The van der Waals surface area contributed by atoms with Gasteiger partial charge in [0, 0.05) is 36.3 Å². The molecule has 1 aromatic rings. The molecule has 0 unspecified atom stereocenters. The molecule has 0 bridgehead atoms. The Morgan fingerprint density at radius 3 is 2.95 bits per heavy atom. The van der Waals surface area contributed by atoms with Crippen LogP contribution in [0.2, 0.25) is 0 Å². The van der Waals surface area contributed by atoms with Crippen molar-refractivity contribution < 1.29 is 8.42 Å². The van der Waals surface area contributed by atoms with E-state index in [9.17, 15) is 8.42 Å². The van der Waals surface area contributed by atoms with E-state index in [1.165, 1.54) is 5.56 Å². The van der Waals surface area contributed by atoms with Gasteiger partial charge in [0.2, 0.25) is 10.0 Å². The Morgan fingerprint density at radius 2 is 2.24 bits per heavy atom. The van der Waals surface area contributed by atoms with Crippen LogP contribution in [0.25, 0.3) is 0 Å². The van der Waals surface area contributed by atoms with Gasteiger partial charge in [-0.2, -0.15) is 4.31 Å². The van der Waals surface area contributed by atoms with Gasteiger partial charge in [-0.3, -0.25) is 5.32 Å². The first-order valence-electron chi connectivity index (χ1n) is 7.09. The van der Waals surface area contributed by atoms with E-state index < -0.39 is 10.0 Å². The fourth-order valence-electron chi connectivity index (χ4n) is 3.03. The fraction of sp³-hybridized carbons (Fsp3) is 0.571. The Labute approximate surface area is 134 Å². The molecule has 7 heteroatoms. The molecule has 1 aromatic carbocycles. The van der Waals surface area contributed by atoms with E-state index in [1.807, 2.05) is 19.1 Å². The quantitative estimate of drug-likeness (QED) is 0.830. The van der Waals surface area contributed by atoms with Crippen molar-refractivity contribution in [3.05, 3.63) is 33.8 Å². The molecule has 0 amide bonds. The Kier molecular flexibility index (Phi) is 4.13. The molecule has 2 heterocycles. The zero-order chi connectivity index (χ0) is 15.1. The average molecular weight is 374 g/mol. The number of sulfonamides is 1. The fourth-order valence-corrected chi connectivity index (χ4v) is 5.45. The minimum atomic E-state index is -3.27. The lowest BCUT2D eigenvalue weighted by Gasteiger charge is -2.32. The van der Waals surface area contributed by atoms with E-state index in [1.54, 1.807) is 4.31 Å². The molecule has 0 radical (unpaired) electrons. The molecule has 5 nitrogen and oxygen atoms in total. The third-order valence-corrected chi connectivity index (χ3v) is 7.07. The normalized spacial score (nSPS) is 26.8. The summed E-state index contributed by atoms with van der Waals surface area (Å²) in [6.45, 7) is 4.33. The molecule has 0 spiro atoms. The van der Waals surface area contributed by atoms with Crippen molar-refractivity contribution in [2.75, 3.05) is 25.5 Å². The first kappa shape index (κ1) is 15.4. The van der Waals surface area contributed by atoms with Crippen molar-refractivity contribution in [1.29, 1.82) is 0 Å². The van der Waals surface area contributed by atoms with Gasteiger partial charge >= 0.3 is 0 Å². The topological polar surface area (TPSA) is 61.4 Å². The van der Waals surface area contributed by atoms with Gasteiger partial charge < -0.3 is 5.32 Å². The largest absolute Gasteiger partial charge is 0.303 e. The summed E-state index contributed by atoms with van der Waals surface area (Å²) in [6.07, 6.45) is 0.774. The smallest absolute Gasteiger partial charge is 0.216 e. The number of nitrogens with one attached hydrogen (secondary N) is 2. The number of benzene rings is 1. The highest BCUT2D eigenvalue weighted by molar-refractivity contribution is 9.10. The van der Waals surface area contributed by atoms with Crippen molar-refractivity contribution in [1.82, 2.24) is 14.9 Å². The van der Waals surface area contributed by atoms with Crippen LogP contribution in [-0.4, -0.2) is 43.8 Å². The van der Waals surface area contributed by atoms with Crippen LogP contribution < -0.4 is 10.6 Å². The van der Waals surface area contributed by atoms with Gasteiger partial charge in [-0.15, -0.1) is 0 Å². The molecular formula is C14H20BrN3O2S. The van der Waals surface area contributed by atoms with Crippen molar-refractivity contribution in [2.24, 2.45) is 0 Å². The van der Waals surface area contributed by atoms with Crippen molar-refractivity contribution in [3.63, 3.8) is 0 Å². The van der Waals surface area contributed by atoms with Crippen LogP contribution >= 0.6 is 15.9 Å². The molecule has 2 aliphatic rings. The van der Waals surface area contributed by atoms with E-state index in [0.717, 1.165) is 16.5 Å². The van der Waals surface area contributed by atoms with E-state index in [-0.39, 0.29) is 11.3 Å². The maximum atomic E-state index is 12.7. The second-order valence-electron chi connectivity index (χ2n) is 6.06. The molecule has 116 valence electrons. The third-order valence-electron chi connectivity index (χ3n) is 4.23. The summed E-state index contributed by atoms with van der Waals surface area (Å²) in [4.78, 5) is 0. The van der Waals surface area contributed by atoms with Gasteiger partial charge in [-0.05, 0) is 30.5 Å². The number of fused-ring (bicyclic) bond motifs is 1. The molecule has 0 aromatic heterocycles. The van der Waals surface area contributed by atoms with E-state index >= 15 is 0 Å². The summed E-state index contributed by atoms with van der Waals surface area (Å²) in [5, 5.41) is 6.39. The minimum absolute atomic E-state index is 0.132. The van der Waals surface area contributed by atoms with Gasteiger partial charge in [0.05, 0.1) is 5.75 Å². The monoisotopic (exact) mass is 373 g/mol. The maximum absolute atomic E-state index is 12.7. The number of nitrogens with zero attached hydrogens (tertiary/aromatic N) is 1. The number of hydrogen-bond acceptors (Lipinski definition) is 4. The van der Waals surface area contributed by atoms with Crippen LogP contribution in [0.1, 0.15) is 18.1 Å². The summed E-state index contributed by atoms with van der Waals surface area (Å²) in [5.41, 5.74) is 1.95. The molecule has 2 aliphatic heterocycles. The van der Waals surface area contributed by atoms with Crippen LogP contribution in [0.15, 0.2) is 22.7 Å². The molecule has 1 fully saturated rings. The van der Waals surface area contributed by atoms with Crippen LogP contribution in [0.4, 0.5) is 0 Å². The molecule has 21 heavy (non-hydrogen) atoms.